The summed E-state index contributed by atoms with van der Waals surface area (Å²) in [6.45, 7) is 7.70. The van der Waals surface area contributed by atoms with Gasteiger partial charge in [-0.2, -0.15) is 0 Å². The molecule has 2 nitrogen and oxygen atoms in total. The summed E-state index contributed by atoms with van der Waals surface area (Å²) < 4.78 is 13.0. The maximum atomic E-state index is 6.07. The molecule has 0 atom stereocenters. The van der Waals surface area contributed by atoms with Gasteiger partial charge in [0.25, 0.3) is 0 Å². The first kappa shape index (κ1) is 19.7. The highest BCUT2D eigenvalue weighted by Crippen LogP contribution is 2.28. The zero-order valence-electron chi connectivity index (χ0n) is 16.0. The molecule has 3 aromatic rings. The minimum atomic E-state index is -0.0433. The molecule has 0 N–H and O–H groups in total. The highest BCUT2D eigenvalue weighted by atomic mass is 79.9. The Morgan fingerprint density at radius 3 is 2.26 bits per heavy atom. The van der Waals surface area contributed by atoms with E-state index in [-0.39, 0.29) is 5.41 Å². The Balaban J connectivity index is 1.63. The van der Waals surface area contributed by atoms with E-state index >= 15 is 0 Å². The fraction of sp³-hybridized carbons (Fsp3) is 0.250. The number of hydrogen-bond donors (Lipinski definition) is 0. The van der Waals surface area contributed by atoms with Gasteiger partial charge in [-0.25, -0.2) is 0 Å². The lowest BCUT2D eigenvalue weighted by Gasteiger charge is -2.25. The van der Waals surface area contributed by atoms with Crippen molar-refractivity contribution < 1.29 is 9.47 Å². The molecule has 0 saturated carbocycles. The molecule has 0 radical (unpaired) electrons. The fourth-order valence-electron chi connectivity index (χ4n) is 2.85. The topological polar surface area (TPSA) is 18.5 Å². The third-order valence-corrected chi connectivity index (χ3v) is 5.32. The summed E-state index contributed by atoms with van der Waals surface area (Å²) in [4.78, 5) is 0. The highest BCUT2D eigenvalue weighted by Gasteiger charge is 2.21. The van der Waals surface area contributed by atoms with Gasteiger partial charge in [-0.3, -0.25) is 0 Å². The smallest absolute Gasteiger partial charge is 0.127 e. The maximum Gasteiger partial charge on any atom is 0.127 e. The Morgan fingerprint density at radius 2 is 1.56 bits per heavy atom. The van der Waals surface area contributed by atoms with Crippen molar-refractivity contribution in [3.63, 3.8) is 0 Å². The molecular weight excluding hydrogens is 400 g/mol. The van der Waals surface area contributed by atoms with Gasteiger partial charge in [-0.15, -0.1) is 0 Å². The van der Waals surface area contributed by atoms with Crippen LogP contribution in [0.3, 0.4) is 0 Å². The van der Waals surface area contributed by atoms with Crippen molar-refractivity contribution in [2.75, 3.05) is 6.61 Å². The molecule has 0 amide bonds. The summed E-state index contributed by atoms with van der Waals surface area (Å²) in [6.07, 6.45) is 0. The summed E-state index contributed by atoms with van der Waals surface area (Å²) >= 11 is 3.61. The molecule has 0 aliphatic rings. The standard InChI is InChI=1S/C24H25BrO2/c1-18-9-11-20(12-10-18)24(2,3)17-26-16-19-15-22(13-14-23(19)25)27-21-7-5-4-6-8-21/h4-15H,16-17H2,1-3H3. The minimum absolute atomic E-state index is 0.0433. The fourth-order valence-corrected chi connectivity index (χ4v) is 3.22. The third kappa shape index (κ3) is 5.44. The van der Waals surface area contributed by atoms with Crippen molar-refractivity contribution in [2.45, 2.75) is 32.8 Å². The number of rotatable bonds is 7. The lowest BCUT2D eigenvalue weighted by Crippen LogP contribution is -2.24. The van der Waals surface area contributed by atoms with Gasteiger partial charge in [0.05, 0.1) is 13.2 Å². The summed E-state index contributed by atoms with van der Waals surface area (Å²) in [5, 5.41) is 0. The molecule has 27 heavy (non-hydrogen) atoms. The van der Waals surface area contributed by atoms with Crippen LogP contribution in [-0.2, 0) is 16.8 Å². The monoisotopic (exact) mass is 424 g/mol. The van der Waals surface area contributed by atoms with Crippen molar-refractivity contribution in [3.8, 4) is 11.5 Å². The molecule has 0 spiro atoms. The van der Waals surface area contributed by atoms with E-state index in [4.69, 9.17) is 9.47 Å². The van der Waals surface area contributed by atoms with Crippen molar-refractivity contribution in [1.29, 1.82) is 0 Å². The molecule has 3 rings (SSSR count). The molecule has 0 aliphatic carbocycles. The Labute approximate surface area is 170 Å². The van der Waals surface area contributed by atoms with Crippen LogP contribution in [-0.4, -0.2) is 6.61 Å². The number of hydrogen-bond acceptors (Lipinski definition) is 2. The van der Waals surface area contributed by atoms with Crippen LogP contribution < -0.4 is 4.74 Å². The van der Waals surface area contributed by atoms with Gasteiger partial charge in [-0.05, 0) is 48.4 Å². The maximum absolute atomic E-state index is 6.07. The van der Waals surface area contributed by atoms with Crippen LogP contribution in [0.2, 0.25) is 0 Å². The van der Waals surface area contributed by atoms with Gasteiger partial charge in [0, 0.05) is 9.89 Å². The van der Waals surface area contributed by atoms with E-state index in [1.54, 1.807) is 0 Å². The number of para-hydroxylation sites is 1. The summed E-state index contributed by atoms with van der Waals surface area (Å²) in [7, 11) is 0. The van der Waals surface area contributed by atoms with E-state index in [1.165, 1.54) is 11.1 Å². The lowest BCUT2D eigenvalue weighted by atomic mass is 9.85. The summed E-state index contributed by atoms with van der Waals surface area (Å²) in [5.74, 6) is 1.63. The third-order valence-electron chi connectivity index (χ3n) is 4.55. The Kier molecular flexibility index (Phi) is 6.35. The minimum Gasteiger partial charge on any atom is -0.457 e. The van der Waals surface area contributed by atoms with Crippen molar-refractivity contribution in [2.24, 2.45) is 0 Å². The average Bonchev–Trinajstić information content (AvgIpc) is 2.65. The van der Waals surface area contributed by atoms with Gasteiger partial charge in [0.2, 0.25) is 0 Å². The second-order valence-electron chi connectivity index (χ2n) is 7.41. The highest BCUT2D eigenvalue weighted by molar-refractivity contribution is 9.10. The van der Waals surface area contributed by atoms with E-state index in [0.717, 1.165) is 21.5 Å². The van der Waals surface area contributed by atoms with Gasteiger partial charge in [0.1, 0.15) is 11.5 Å². The quantitative estimate of drug-likeness (QED) is 0.404. The van der Waals surface area contributed by atoms with Crippen LogP contribution in [0.5, 0.6) is 11.5 Å². The number of ether oxygens (including phenoxy) is 2. The van der Waals surface area contributed by atoms with E-state index in [9.17, 15) is 0 Å². The molecule has 140 valence electrons. The second-order valence-corrected chi connectivity index (χ2v) is 8.27. The molecule has 0 fully saturated rings. The average molecular weight is 425 g/mol. The first-order valence-electron chi connectivity index (χ1n) is 9.10. The van der Waals surface area contributed by atoms with Crippen LogP contribution in [0.4, 0.5) is 0 Å². The summed E-state index contributed by atoms with van der Waals surface area (Å²) in [5.41, 5.74) is 3.59. The molecular formula is C24H25BrO2. The Hall–Kier alpha value is -2.10. The number of halogens is 1. The molecule has 0 aliphatic heterocycles. The van der Waals surface area contributed by atoms with Crippen LogP contribution in [0.25, 0.3) is 0 Å². The number of benzene rings is 3. The van der Waals surface area contributed by atoms with Crippen molar-refractivity contribution in [3.05, 3.63) is 94.0 Å². The predicted molar refractivity (Wildman–Crippen MR) is 115 cm³/mol. The first-order valence-corrected chi connectivity index (χ1v) is 9.89. The molecule has 0 unspecified atom stereocenters. The van der Waals surface area contributed by atoms with Crippen LogP contribution in [0.1, 0.15) is 30.5 Å². The molecule has 3 heteroatoms. The van der Waals surface area contributed by atoms with E-state index in [0.29, 0.717) is 13.2 Å². The lowest BCUT2D eigenvalue weighted by molar-refractivity contribution is 0.0820. The van der Waals surface area contributed by atoms with Gasteiger partial charge >= 0.3 is 0 Å². The molecule has 3 aromatic carbocycles. The van der Waals surface area contributed by atoms with Crippen molar-refractivity contribution in [1.82, 2.24) is 0 Å². The van der Waals surface area contributed by atoms with E-state index in [1.807, 2.05) is 48.5 Å². The Bertz CT molecular complexity index is 871. The van der Waals surface area contributed by atoms with E-state index in [2.05, 4.69) is 61.0 Å². The Morgan fingerprint density at radius 1 is 0.852 bits per heavy atom. The van der Waals surface area contributed by atoms with Gasteiger partial charge < -0.3 is 9.47 Å². The molecule has 0 bridgehead atoms. The zero-order valence-corrected chi connectivity index (χ0v) is 17.6. The van der Waals surface area contributed by atoms with Gasteiger partial charge in [0.15, 0.2) is 0 Å². The molecule has 0 heterocycles. The molecule has 0 saturated heterocycles. The normalized spacial score (nSPS) is 11.4. The first-order chi connectivity index (χ1) is 12.9. The molecule has 0 aromatic heterocycles. The van der Waals surface area contributed by atoms with Gasteiger partial charge in [-0.1, -0.05) is 77.8 Å². The van der Waals surface area contributed by atoms with Crippen molar-refractivity contribution >= 4 is 15.9 Å². The SMILES string of the molecule is Cc1ccc(C(C)(C)COCc2cc(Oc3ccccc3)ccc2Br)cc1. The predicted octanol–water partition coefficient (Wildman–Crippen LogP) is 7.04. The summed E-state index contributed by atoms with van der Waals surface area (Å²) in [6, 6.07) is 24.4. The van der Waals surface area contributed by atoms with Crippen LogP contribution in [0.15, 0.2) is 77.3 Å². The second kappa shape index (κ2) is 8.73. The van der Waals surface area contributed by atoms with Crippen LogP contribution >= 0.6 is 15.9 Å². The zero-order chi connectivity index (χ0) is 19.3. The van der Waals surface area contributed by atoms with Crippen LogP contribution in [0, 0.1) is 6.92 Å². The number of aryl methyl sites for hydroxylation is 1. The largest absolute Gasteiger partial charge is 0.457 e. The van der Waals surface area contributed by atoms with E-state index < -0.39 is 0 Å².